The van der Waals surface area contributed by atoms with Crippen LogP contribution in [0.15, 0.2) is 54.6 Å². The summed E-state index contributed by atoms with van der Waals surface area (Å²) in [6, 6.07) is 16.1. The van der Waals surface area contributed by atoms with Gasteiger partial charge in [0.15, 0.2) is 5.78 Å². The van der Waals surface area contributed by atoms with E-state index >= 15 is 0 Å². The average Bonchev–Trinajstić information content (AvgIpc) is 2.49. The number of benzene rings is 2. The van der Waals surface area contributed by atoms with Crippen molar-refractivity contribution in [3.63, 3.8) is 0 Å². The molecule has 0 aliphatic heterocycles. The summed E-state index contributed by atoms with van der Waals surface area (Å²) in [5, 5.41) is 18.4. The van der Waals surface area contributed by atoms with Gasteiger partial charge >= 0.3 is 0 Å². The molecule has 4 heteroatoms. The number of aliphatic hydroxyl groups is 1. The number of phenols is 1. The number of Topliss-reactive ketones (excluding diaryl/α,β-unsaturated/α-hetero) is 1. The van der Waals surface area contributed by atoms with Crippen LogP contribution in [0.4, 0.5) is 0 Å². The Balaban J connectivity index is 2.02. The van der Waals surface area contributed by atoms with Crippen molar-refractivity contribution >= 4 is 5.78 Å². The standard InChI is InChI=1S/C17H19NO3/c19-11-10-18(12-14-4-2-1-3-5-14)13-17(21)15-6-8-16(20)9-7-15/h1-9,19-20H,10-13H2. The van der Waals surface area contributed by atoms with Crippen molar-refractivity contribution in [2.75, 3.05) is 19.7 Å². The lowest BCUT2D eigenvalue weighted by atomic mass is 10.1. The minimum atomic E-state index is -0.0284. The second-order valence-electron chi connectivity index (χ2n) is 4.89. The molecule has 0 atom stereocenters. The van der Waals surface area contributed by atoms with Crippen molar-refractivity contribution in [2.24, 2.45) is 0 Å². The Labute approximate surface area is 124 Å². The van der Waals surface area contributed by atoms with Crippen molar-refractivity contribution < 1.29 is 15.0 Å². The third-order valence-corrected chi connectivity index (χ3v) is 3.22. The highest BCUT2D eigenvalue weighted by Crippen LogP contribution is 2.11. The number of carbonyl (C=O) groups excluding carboxylic acids is 1. The van der Waals surface area contributed by atoms with E-state index in [-0.39, 0.29) is 24.7 Å². The molecule has 0 saturated carbocycles. The van der Waals surface area contributed by atoms with Gasteiger partial charge in [0.2, 0.25) is 0 Å². The maximum atomic E-state index is 12.2. The van der Waals surface area contributed by atoms with Crippen LogP contribution in [0, 0.1) is 0 Å². The number of carbonyl (C=O) groups is 1. The van der Waals surface area contributed by atoms with E-state index in [1.165, 1.54) is 12.1 Å². The molecule has 0 bridgehead atoms. The molecule has 2 N–H and O–H groups in total. The van der Waals surface area contributed by atoms with E-state index in [9.17, 15) is 9.90 Å². The highest BCUT2D eigenvalue weighted by atomic mass is 16.3. The lowest BCUT2D eigenvalue weighted by Crippen LogP contribution is -2.32. The topological polar surface area (TPSA) is 60.8 Å². The summed E-state index contributed by atoms with van der Waals surface area (Å²) in [7, 11) is 0. The Kier molecular flexibility index (Phi) is 5.49. The average molecular weight is 285 g/mol. The fourth-order valence-electron chi connectivity index (χ4n) is 2.14. The molecule has 0 spiro atoms. The summed E-state index contributed by atoms with van der Waals surface area (Å²) in [4.78, 5) is 14.1. The summed E-state index contributed by atoms with van der Waals surface area (Å²) >= 11 is 0. The molecule has 110 valence electrons. The number of phenolic OH excluding ortho intramolecular Hbond substituents is 1. The number of hydrogen-bond donors (Lipinski definition) is 2. The van der Waals surface area contributed by atoms with Crippen molar-refractivity contribution in [1.29, 1.82) is 0 Å². The van der Waals surface area contributed by atoms with Crippen LogP contribution >= 0.6 is 0 Å². The van der Waals surface area contributed by atoms with Gasteiger partial charge < -0.3 is 10.2 Å². The Morgan fingerprint density at radius 3 is 2.29 bits per heavy atom. The van der Waals surface area contributed by atoms with Gasteiger partial charge in [0.05, 0.1) is 13.2 Å². The first-order valence-corrected chi connectivity index (χ1v) is 6.88. The van der Waals surface area contributed by atoms with Gasteiger partial charge in [-0.1, -0.05) is 30.3 Å². The van der Waals surface area contributed by atoms with Crippen molar-refractivity contribution in [3.05, 3.63) is 65.7 Å². The summed E-state index contributed by atoms with van der Waals surface area (Å²) < 4.78 is 0. The first-order chi connectivity index (χ1) is 10.2. The number of aliphatic hydroxyl groups excluding tert-OH is 1. The van der Waals surface area contributed by atoms with Gasteiger partial charge in [0.1, 0.15) is 5.75 Å². The first kappa shape index (κ1) is 15.2. The number of aromatic hydroxyl groups is 1. The third-order valence-electron chi connectivity index (χ3n) is 3.22. The van der Waals surface area contributed by atoms with Crippen LogP contribution in [0.1, 0.15) is 15.9 Å². The molecule has 0 aliphatic carbocycles. The Hall–Kier alpha value is -2.17. The molecule has 0 saturated heterocycles. The first-order valence-electron chi connectivity index (χ1n) is 6.88. The second-order valence-corrected chi connectivity index (χ2v) is 4.89. The number of nitrogens with zero attached hydrogens (tertiary/aromatic N) is 1. The van der Waals surface area contributed by atoms with Crippen molar-refractivity contribution in [1.82, 2.24) is 4.90 Å². The summed E-state index contributed by atoms with van der Waals surface area (Å²) in [6.45, 7) is 1.31. The lowest BCUT2D eigenvalue weighted by molar-refractivity contribution is 0.0908. The van der Waals surface area contributed by atoms with Crippen LogP contribution in [0.25, 0.3) is 0 Å². The summed E-state index contributed by atoms with van der Waals surface area (Å²) in [5.41, 5.74) is 1.66. The highest BCUT2D eigenvalue weighted by Gasteiger charge is 2.12. The Morgan fingerprint density at radius 2 is 1.67 bits per heavy atom. The molecular formula is C17H19NO3. The van der Waals surface area contributed by atoms with E-state index < -0.39 is 0 Å². The van der Waals surface area contributed by atoms with E-state index in [0.717, 1.165) is 5.56 Å². The normalized spacial score (nSPS) is 10.8. The van der Waals surface area contributed by atoms with Gasteiger partial charge in [0.25, 0.3) is 0 Å². The molecule has 0 radical (unpaired) electrons. The molecule has 0 unspecified atom stereocenters. The molecule has 21 heavy (non-hydrogen) atoms. The molecule has 2 aromatic rings. The molecular weight excluding hydrogens is 266 g/mol. The minimum Gasteiger partial charge on any atom is -0.508 e. The van der Waals surface area contributed by atoms with Crippen molar-refractivity contribution in [2.45, 2.75) is 6.54 Å². The largest absolute Gasteiger partial charge is 0.508 e. The monoisotopic (exact) mass is 285 g/mol. The molecule has 4 nitrogen and oxygen atoms in total. The Morgan fingerprint density at radius 1 is 1.00 bits per heavy atom. The van der Waals surface area contributed by atoms with E-state index in [0.29, 0.717) is 18.7 Å². The molecule has 2 rings (SSSR count). The minimum absolute atomic E-state index is 0.00961. The van der Waals surface area contributed by atoms with Crippen LogP contribution in [0.2, 0.25) is 0 Å². The maximum absolute atomic E-state index is 12.2. The molecule has 2 aromatic carbocycles. The van der Waals surface area contributed by atoms with E-state index in [2.05, 4.69) is 0 Å². The van der Waals surface area contributed by atoms with Crippen LogP contribution in [-0.2, 0) is 6.54 Å². The molecule has 0 aliphatic rings. The van der Waals surface area contributed by atoms with Gasteiger partial charge in [-0.05, 0) is 29.8 Å². The summed E-state index contributed by atoms with van der Waals surface area (Å²) in [6.07, 6.45) is 0. The highest BCUT2D eigenvalue weighted by molar-refractivity contribution is 5.97. The fraction of sp³-hybridized carbons (Fsp3) is 0.235. The zero-order valence-corrected chi connectivity index (χ0v) is 11.8. The van der Waals surface area contributed by atoms with E-state index in [1.54, 1.807) is 12.1 Å². The lowest BCUT2D eigenvalue weighted by Gasteiger charge is -2.20. The quantitative estimate of drug-likeness (QED) is 0.765. The van der Waals surface area contributed by atoms with Gasteiger partial charge in [0, 0.05) is 18.7 Å². The Bertz CT molecular complexity index is 566. The zero-order chi connectivity index (χ0) is 15.1. The molecule has 0 fully saturated rings. The fourth-order valence-corrected chi connectivity index (χ4v) is 2.14. The smallest absolute Gasteiger partial charge is 0.176 e. The summed E-state index contributed by atoms with van der Waals surface area (Å²) in [5.74, 6) is 0.113. The maximum Gasteiger partial charge on any atom is 0.176 e. The third kappa shape index (κ3) is 4.70. The van der Waals surface area contributed by atoms with Gasteiger partial charge in [-0.3, -0.25) is 9.69 Å². The number of hydrogen-bond acceptors (Lipinski definition) is 4. The number of rotatable bonds is 7. The molecule has 0 amide bonds. The predicted octanol–water partition coefficient (Wildman–Crippen LogP) is 2.07. The SMILES string of the molecule is O=C(CN(CCO)Cc1ccccc1)c1ccc(O)cc1. The van der Waals surface area contributed by atoms with Gasteiger partial charge in [-0.15, -0.1) is 0 Å². The molecule has 0 aromatic heterocycles. The zero-order valence-electron chi connectivity index (χ0n) is 11.8. The van der Waals surface area contributed by atoms with E-state index in [1.807, 2.05) is 35.2 Å². The van der Waals surface area contributed by atoms with Crippen LogP contribution in [-0.4, -0.2) is 40.6 Å². The van der Waals surface area contributed by atoms with Crippen LogP contribution in [0.5, 0.6) is 5.75 Å². The van der Waals surface area contributed by atoms with Gasteiger partial charge in [-0.25, -0.2) is 0 Å². The van der Waals surface area contributed by atoms with Crippen LogP contribution in [0.3, 0.4) is 0 Å². The van der Waals surface area contributed by atoms with Crippen molar-refractivity contribution in [3.8, 4) is 5.75 Å². The predicted molar refractivity (Wildman–Crippen MR) is 81.2 cm³/mol. The van der Waals surface area contributed by atoms with Crippen LogP contribution < -0.4 is 0 Å². The molecule has 0 heterocycles. The second kappa shape index (κ2) is 7.57. The number of ketones is 1. The van der Waals surface area contributed by atoms with E-state index in [4.69, 9.17) is 5.11 Å². The van der Waals surface area contributed by atoms with Gasteiger partial charge in [-0.2, -0.15) is 0 Å².